The molecule has 7 nitrogen and oxygen atoms in total. The van der Waals surface area contributed by atoms with Gasteiger partial charge in [0.2, 0.25) is 0 Å². The molecule has 0 aromatic carbocycles. The van der Waals surface area contributed by atoms with Crippen LogP contribution in [0.3, 0.4) is 0 Å². The SMILES string of the molecule is C/C=C/C[C@@H](C[C@H](NC(=O)OC(C)(C)C)C(=O)OC(C)(C)C)C(=O)OC(C)(C)C. The lowest BCUT2D eigenvalue weighted by Crippen LogP contribution is -2.47. The van der Waals surface area contributed by atoms with E-state index in [1.807, 2.05) is 19.1 Å². The monoisotopic (exact) mass is 413 g/mol. The number of carbonyl (C=O) groups excluding carboxylic acids is 3. The van der Waals surface area contributed by atoms with E-state index >= 15 is 0 Å². The molecule has 0 unspecified atom stereocenters. The van der Waals surface area contributed by atoms with E-state index in [2.05, 4.69) is 5.32 Å². The predicted molar refractivity (Wildman–Crippen MR) is 112 cm³/mol. The molecule has 0 bridgehead atoms. The van der Waals surface area contributed by atoms with Crippen LogP contribution >= 0.6 is 0 Å². The van der Waals surface area contributed by atoms with Crippen molar-refractivity contribution in [3.63, 3.8) is 0 Å². The van der Waals surface area contributed by atoms with Crippen molar-refractivity contribution >= 4 is 18.0 Å². The lowest BCUT2D eigenvalue weighted by molar-refractivity contribution is -0.162. The highest BCUT2D eigenvalue weighted by Gasteiger charge is 2.34. The maximum Gasteiger partial charge on any atom is 0.408 e. The number of alkyl carbamates (subject to hydrolysis) is 1. The van der Waals surface area contributed by atoms with Gasteiger partial charge in [0.25, 0.3) is 0 Å². The molecular weight excluding hydrogens is 374 g/mol. The van der Waals surface area contributed by atoms with Crippen LogP contribution in [0.15, 0.2) is 12.2 Å². The van der Waals surface area contributed by atoms with E-state index in [-0.39, 0.29) is 6.42 Å². The van der Waals surface area contributed by atoms with Gasteiger partial charge in [-0.3, -0.25) is 4.79 Å². The first-order chi connectivity index (χ1) is 12.9. The fraction of sp³-hybridized carbons (Fsp3) is 0.773. The van der Waals surface area contributed by atoms with E-state index in [0.717, 1.165) is 0 Å². The molecule has 0 aliphatic heterocycles. The van der Waals surface area contributed by atoms with E-state index in [9.17, 15) is 14.4 Å². The van der Waals surface area contributed by atoms with Crippen molar-refractivity contribution < 1.29 is 28.6 Å². The first kappa shape index (κ1) is 27.0. The van der Waals surface area contributed by atoms with Crippen LogP contribution in [-0.4, -0.2) is 40.9 Å². The molecule has 0 saturated heterocycles. The second kappa shape index (κ2) is 10.6. The van der Waals surface area contributed by atoms with Crippen molar-refractivity contribution in [2.75, 3.05) is 0 Å². The van der Waals surface area contributed by atoms with Crippen LogP contribution in [0.2, 0.25) is 0 Å². The molecule has 0 radical (unpaired) electrons. The summed E-state index contributed by atoms with van der Waals surface area (Å²) in [6.45, 7) is 17.6. The molecule has 0 rings (SSSR count). The molecule has 0 aromatic heterocycles. The molecule has 0 spiro atoms. The number of hydrogen-bond donors (Lipinski definition) is 1. The minimum absolute atomic E-state index is 0.0351. The molecule has 0 aliphatic carbocycles. The summed E-state index contributed by atoms with van der Waals surface area (Å²) in [5.74, 6) is -1.69. The largest absolute Gasteiger partial charge is 0.460 e. The van der Waals surface area contributed by atoms with Crippen molar-refractivity contribution in [3.8, 4) is 0 Å². The van der Waals surface area contributed by atoms with E-state index < -0.39 is 46.8 Å². The van der Waals surface area contributed by atoms with Crippen molar-refractivity contribution in [1.29, 1.82) is 0 Å². The summed E-state index contributed by atoms with van der Waals surface area (Å²) >= 11 is 0. The Hall–Kier alpha value is -2.05. The standard InChI is InChI=1S/C22H39NO6/c1-11-12-13-15(17(24)27-20(2,3)4)14-16(18(25)28-21(5,6)7)23-19(26)29-22(8,9)10/h11-12,15-16H,13-14H2,1-10H3,(H,23,26)/b12-11+/t15-,16-/m0/s1. The zero-order chi connectivity index (χ0) is 23.0. The second-order valence-corrected chi connectivity index (χ2v) is 10.0. The summed E-state index contributed by atoms with van der Waals surface area (Å²) in [6.07, 6.45) is 3.31. The van der Waals surface area contributed by atoms with Crippen LogP contribution in [0.25, 0.3) is 0 Å². The minimum Gasteiger partial charge on any atom is -0.460 e. The predicted octanol–water partition coefficient (Wildman–Crippen LogP) is 4.54. The van der Waals surface area contributed by atoms with Crippen LogP contribution in [0.1, 0.15) is 82.1 Å². The third kappa shape index (κ3) is 13.7. The van der Waals surface area contributed by atoms with Crippen LogP contribution in [0.5, 0.6) is 0 Å². The molecule has 0 fully saturated rings. The molecule has 29 heavy (non-hydrogen) atoms. The van der Waals surface area contributed by atoms with Gasteiger partial charge in [0.05, 0.1) is 5.92 Å². The fourth-order valence-electron chi connectivity index (χ4n) is 2.30. The van der Waals surface area contributed by atoms with E-state index in [1.165, 1.54) is 0 Å². The summed E-state index contributed by atoms with van der Waals surface area (Å²) in [5.41, 5.74) is -2.13. The zero-order valence-corrected chi connectivity index (χ0v) is 19.7. The Bertz CT molecular complexity index is 590. The highest BCUT2D eigenvalue weighted by molar-refractivity contribution is 5.83. The number of nitrogens with one attached hydrogen (secondary N) is 1. The van der Waals surface area contributed by atoms with Crippen LogP contribution in [0.4, 0.5) is 4.79 Å². The average Bonchev–Trinajstić information content (AvgIpc) is 2.44. The Morgan fingerprint density at radius 1 is 0.793 bits per heavy atom. The Morgan fingerprint density at radius 2 is 1.24 bits per heavy atom. The Balaban J connectivity index is 5.59. The number of amides is 1. The third-order valence-corrected chi connectivity index (χ3v) is 3.30. The number of esters is 2. The fourth-order valence-corrected chi connectivity index (χ4v) is 2.30. The number of carbonyl (C=O) groups is 3. The van der Waals surface area contributed by atoms with Gasteiger partial charge in [0.1, 0.15) is 22.8 Å². The summed E-state index contributed by atoms with van der Waals surface area (Å²) in [6, 6.07) is -1.05. The normalized spacial score (nSPS) is 14.8. The number of rotatable bonds is 7. The van der Waals surface area contributed by atoms with Gasteiger partial charge in [-0.15, -0.1) is 0 Å². The van der Waals surface area contributed by atoms with Gasteiger partial charge in [-0.25, -0.2) is 9.59 Å². The molecular formula is C22H39NO6. The summed E-state index contributed by atoms with van der Waals surface area (Å²) in [4.78, 5) is 37.6. The molecule has 0 heterocycles. The van der Waals surface area contributed by atoms with Crippen molar-refractivity contribution in [2.24, 2.45) is 5.92 Å². The Labute approximate surface area is 175 Å². The van der Waals surface area contributed by atoms with Crippen LogP contribution in [-0.2, 0) is 23.8 Å². The first-order valence-electron chi connectivity index (χ1n) is 10.00. The summed E-state index contributed by atoms with van der Waals surface area (Å²) in [7, 11) is 0. The Morgan fingerprint density at radius 3 is 1.66 bits per heavy atom. The number of hydrogen-bond acceptors (Lipinski definition) is 6. The lowest BCUT2D eigenvalue weighted by Gasteiger charge is -2.29. The van der Waals surface area contributed by atoms with E-state index in [0.29, 0.717) is 6.42 Å². The molecule has 0 saturated carbocycles. The second-order valence-electron chi connectivity index (χ2n) is 10.0. The average molecular weight is 414 g/mol. The summed E-state index contributed by atoms with van der Waals surface area (Å²) < 4.78 is 16.2. The maximum atomic E-state index is 12.7. The van der Waals surface area contributed by atoms with Gasteiger partial charge in [-0.1, -0.05) is 12.2 Å². The van der Waals surface area contributed by atoms with Crippen molar-refractivity contribution in [1.82, 2.24) is 5.32 Å². The Kier molecular flexibility index (Phi) is 9.90. The molecule has 168 valence electrons. The first-order valence-corrected chi connectivity index (χ1v) is 10.00. The third-order valence-electron chi connectivity index (χ3n) is 3.30. The highest BCUT2D eigenvalue weighted by Crippen LogP contribution is 2.21. The minimum atomic E-state index is -1.05. The van der Waals surface area contributed by atoms with Gasteiger partial charge >= 0.3 is 18.0 Å². The van der Waals surface area contributed by atoms with Crippen LogP contribution < -0.4 is 5.32 Å². The van der Waals surface area contributed by atoms with Gasteiger partial charge in [-0.05, 0) is 82.1 Å². The maximum absolute atomic E-state index is 12.7. The van der Waals surface area contributed by atoms with Crippen molar-refractivity contribution in [2.45, 2.75) is 105 Å². The highest BCUT2D eigenvalue weighted by atomic mass is 16.6. The smallest absolute Gasteiger partial charge is 0.408 e. The van der Waals surface area contributed by atoms with Gasteiger partial charge in [-0.2, -0.15) is 0 Å². The molecule has 0 aromatic rings. The van der Waals surface area contributed by atoms with Gasteiger partial charge in [0, 0.05) is 0 Å². The van der Waals surface area contributed by atoms with Gasteiger partial charge in [0.15, 0.2) is 0 Å². The lowest BCUT2D eigenvalue weighted by atomic mass is 9.95. The topological polar surface area (TPSA) is 90.9 Å². The zero-order valence-electron chi connectivity index (χ0n) is 19.7. The number of ether oxygens (including phenoxy) is 3. The molecule has 0 aliphatic rings. The van der Waals surface area contributed by atoms with Gasteiger partial charge < -0.3 is 19.5 Å². The molecule has 1 N–H and O–H groups in total. The van der Waals surface area contributed by atoms with E-state index in [4.69, 9.17) is 14.2 Å². The van der Waals surface area contributed by atoms with E-state index in [1.54, 1.807) is 62.3 Å². The number of allylic oxidation sites excluding steroid dienone is 2. The van der Waals surface area contributed by atoms with Crippen LogP contribution in [0, 0.1) is 5.92 Å². The summed E-state index contributed by atoms with van der Waals surface area (Å²) in [5, 5.41) is 2.55. The molecule has 7 heteroatoms. The quantitative estimate of drug-likeness (QED) is 0.374. The van der Waals surface area contributed by atoms with Crippen molar-refractivity contribution in [3.05, 3.63) is 12.2 Å². The molecule has 1 amide bonds. The molecule has 2 atom stereocenters.